The quantitative estimate of drug-likeness (QED) is 0.347. The maximum atomic E-state index is 13.3. The van der Waals surface area contributed by atoms with Crippen LogP contribution in [0.4, 0.5) is 4.79 Å². The van der Waals surface area contributed by atoms with E-state index in [-0.39, 0.29) is 18.6 Å². The summed E-state index contributed by atoms with van der Waals surface area (Å²) >= 11 is 0. The number of carbonyl (C=O) groups excluding carboxylic acids is 2. The lowest BCUT2D eigenvalue weighted by atomic mass is 9.72. The van der Waals surface area contributed by atoms with E-state index in [4.69, 9.17) is 9.47 Å². The van der Waals surface area contributed by atoms with E-state index in [0.29, 0.717) is 30.6 Å². The number of nitrogens with zero attached hydrogens (tertiary/aromatic N) is 1. The van der Waals surface area contributed by atoms with Crippen molar-refractivity contribution in [1.82, 2.24) is 10.2 Å². The van der Waals surface area contributed by atoms with Crippen LogP contribution in [0.2, 0.25) is 0 Å². The van der Waals surface area contributed by atoms with Gasteiger partial charge in [0.15, 0.2) is 6.23 Å². The Labute approximate surface area is 207 Å². The van der Waals surface area contributed by atoms with Crippen molar-refractivity contribution in [1.29, 1.82) is 0 Å². The summed E-state index contributed by atoms with van der Waals surface area (Å²) < 4.78 is 11.2. The van der Waals surface area contributed by atoms with Gasteiger partial charge in [-0.1, -0.05) is 61.9 Å². The molecular formula is C28H36N2O5. The van der Waals surface area contributed by atoms with Gasteiger partial charge in [-0.15, -0.1) is 6.58 Å². The maximum absolute atomic E-state index is 13.3. The maximum Gasteiger partial charge on any atom is 0.327 e. The third-order valence-corrected chi connectivity index (χ3v) is 6.85. The second-order valence-electron chi connectivity index (χ2n) is 8.99. The molecule has 188 valence electrons. The van der Waals surface area contributed by atoms with Crippen LogP contribution in [0.3, 0.4) is 0 Å². The SMILES string of the molecule is C=CCC(NC(=O)N1C(=O)C(CC)(CC)C1Oc1ccc([C@H](O)COC)cc1)c1ccc(C)cc1. The number of likely N-dealkylation sites (tertiary alicyclic amines) is 1. The Morgan fingerprint density at radius 1 is 1.14 bits per heavy atom. The minimum absolute atomic E-state index is 0.187. The number of nitrogens with one attached hydrogen (secondary N) is 1. The molecule has 35 heavy (non-hydrogen) atoms. The van der Waals surface area contributed by atoms with Crippen molar-refractivity contribution in [2.45, 2.75) is 58.4 Å². The zero-order valence-corrected chi connectivity index (χ0v) is 21.0. The van der Waals surface area contributed by atoms with E-state index >= 15 is 0 Å². The van der Waals surface area contributed by atoms with Crippen molar-refractivity contribution < 1.29 is 24.2 Å². The molecule has 0 aromatic heterocycles. The summed E-state index contributed by atoms with van der Waals surface area (Å²) in [6, 6.07) is 14.1. The van der Waals surface area contributed by atoms with Crippen molar-refractivity contribution >= 4 is 11.9 Å². The predicted molar refractivity (Wildman–Crippen MR) is 135 cm³/mol. The summed E-state index contributed by atoms with van der Waals surface area (Å²) in [5.74, 6) is 0.277. The predicted octanol–water partition coefficient (Wildman–Crippen LogP) is 5.06. The van der Waals surface area contributed by atoms with Crippen LogP contribution in [0.1, 0.15) is 61.9 Å². The minimum atomic E-state index is -0.774. The molecular weight excluding hydrogens is 444 g/mol. The average molecular weight is 481 g/mol. The fourth-order valence-electron chi connectivity index (χ4n) is 4.51. The molecule has 1 saturated heterocycles. The lowest BCUT2D eigenvalue weighted by Gasteiger charge is -2.53. The first kappa shape index (κ1) is 26.4. The van der Waals surface area contributed by atoms with E-state index in [1.54, 1.807) is 30.3 Å². The number of aliphatic hydroxyl groups is 1. The number of urea groups is 1. The smallest absolute Gasteiger partial charge is 0.327 e. The number of aryl methyl sites for hydroxylation is 1. The van der Waals surface area contributed by atoms with Crippen LogP contribution in [0.5, 0.6) is 5.75 Å². The molecule has 0 bridgehead atoms. The Morgan fingerprint density at radius 3 is 2.29 bits per heavy atom. The number of β-lactam (4-membered cyclic amide) rings is 1. The second kappa shape index (κ2) is 11.5. The van der Waals surface area contributed by atoms with Crippen LogP contribution in [0, 0.1) is 12.3 Å². The average Bonchev–Trinajstić information content (AvgIpc) is 2.85. The van der Waals surface area contributed by atoms with Crippen LogP contribution in [-0.4, -0.2) is 41.9 Å². The summed E-state index contributed by atoms with van der Waals surface area (Å²) in [6.45, 7) is 9.88. The summed E-state index contributed by atoms with van der Waals surface area (Å²) in [6.07, 6.45) is 1.90. The third-order valence-electron chi connectivity index (χ3n) is 6.85. The minimum Gasteiger partial charge on any atom is -0.469 e. The van der Waals surface area contributed by atoms with E-state index in [1.807, 2.05) is 45.0 Å². The molecule has 3 amide bonds. The number of aliphatic hydroxyl groups excluding tert-OH is 1. The van der Waals surface area contributed by atoms with Gasteiger partial charge in [-0.3, -0.25) is 4.79 Å². The van der Waals surface area contributed by atoms with E-state index in [0.717, 1.165) is 11.1 Å². The number of imide groups is 1. The van der Waals surface area contributed by atoms with Gasteiger partial charge in [0.05, 0.1) is 12.6 Å². The van der Waals surface area contributed by atoms with E-state index in [2.05, 4.69) is 11.9 Å². The molecule has 2 unspecified atom stereocenters. The number of methoxy groups -OCH3 is 1. The first-order valence-corrected chi connectivity index (χ1v) is 12.1. The fourth-order valence-corrected chi connectivity index (χ4v) is 4.51. The number of hydrogen-bond acceptors (Lipinski definition) is 5. The van der Waals surface area contributed by atoms with Crippen LogP contribution < -0.4 is 10.1 Å². The molecule has 1 aliphatic heterocycles. The number of rotatable bonds is 11. The number of hydrogen-bond donors (Lipinski definition) is 2. The lowest BCUT2D eigenvalue weighted by Crippen LogP contribution is -2.73. The molecule has 2 aromatic carbocycles. The Bertz CT molecular complexity index is 1010. The lowest BCUT2D eigenvalue weighted by molar-refractivity contribution is -0.191. The molecule has 3 rings (SSSR count). The fraction of sp³-hybridized carbons (Fsp3) is 0.429. The standard InChI is InChI=1S/C28H36N2O5/c1-6-9-23(20-12-10-19(4)11-13-20)29-27(33)30-25(32)28(7-2,8-3)26(30)35-22-16-14-21(15-17-22)24(31)18-34-5/h6,10-17,23-24,26,31H,1,7-9,18H2,2-5H3,(H,29,33)/t23?,24-,26?/m1/s1. The zero-order valence-electron chi connectivity index (χ0n) is 21.0. The Morgan fingerprint density at radius 2 is 1.74 bits per heavy atom. The molecule has 2 N–H and O–H groups in total. The molecule has 2 aromatic rings. The van der Waals surface area contributed by atoms with Gasteiger partial charge < -0.3 is 19.9 Å². The molecule has 0 spiro atoms. The van der Waals surface area contributed by atoms with Crippen LogP contribution in [0.25, 0.3) is 0 Å². The molecule has 1 fully saturated rings. The summed E-state index contributed by atoms with van der Waals surface area (Å²) in [5, 5.41) is 13.1. The van der Waals surface area contributed by atoms with Crippen molar-refractivity contribution in [2.75, 3.05) is 13.7 Å². The van der Waals surface area contributed by atoms with Gasteiger partial charge in [0, 0.05) is 7.11 Å². The zero-order chi connectivity index (χ0) is 25.6. The van der Waals surface area contributed by atoms with Crippen LogP contribution >= 0.6 is 0 Å². The largest absolute Gasteiger partial charge is 0.469 e. The van der Waals surface area contributed by atoms with Gasteiger partial charge >= 0.3 is 6.03 Å². The third kappa shape index (κ3) is 5.41. The molecule has 0 aliphatic carbocycles. The number of carbonyl (C=O) groups is 2. The van der Waals surface area contributed by atoms with Gasteiger partial charge in [0.1, 0.15) is 17.3 Å². The van der Waals surface area contributed by atoms with E-state index in [1.165, 1.54) is 12.0 Å². The summed E-state index contributed by atoms with van der Waals surface area (Å²) in [5.41, 5.74) is 1.99. The van der Waals surface area contributed by atoms with Gasteiger partial charge in [0.25, 0.3) is 0 Å². The summed E-state index contributed by atoms with van der Waals surface area (Å²) in [7, 11) is 1.53. The van der Waals surface area contributed by atoms with Gasteiger partial charge in [0.2, 0.25) is 5.91 Å². The highest BCUT2D eigenvalue weighted by molar-refractivity contribution is 6.03. The Kier molecular flexibility index (Phi) is 8.70. The number of ether oxygens (including phenoxy) is 2. The highest BCUT2D eigenvalue weighted by atomic mass is 16.5. The summed E-state index contributed by atoms with van der Waals surface area (Å²) in [4.78, 5) is 27.8. The van der Waals surface area contributed by atoms with Crippen LogP contribution in [0.15, 0.2) is 61.2 Å². The van der Waals surface area contributed by atoms with Crippen LogP contribution in [-0.2, 0) is 9.53 Å². The molecule has 1 aliphatic rings. The molecule has 0 radical (unpaired) electrons. The first-order chi connectivity index (χ1) is 16.8. The highest BCUT2D eigenvalue weighted by Crippen LogP contribution is 2.46. The Balaban J connectivity index is 1.81. The molecule has 7 heteroatoms. The van der Waals surface area contributed by atoms with E-state index in [9.17, 15) is 14.7 Å². The number of amides is 3. The van der Waals surface area contributed by atoms with Crippen molar-refractivity contribution in [3.8, 4) is 5.75 Å². The number of benzene rings is 2. The molecule has 3 atom stereocenters. The second-order valence-corrected chi connectivity index (χ2v) is 8.99. The molecule has 7 nitrogen and oxygen atoms in total. The van der Waals surface area contributed by atoms with Crippen molar-refractivity contribution in [2.24, 2.45) is 5.41 Å². The normalized spacial score (nSPS) is 18.4. The van der Waals surface area contributed by atoms with Gasteiger partial charge in [-0.25, -0.2) is 9.69 Å². The topological polar surface area (TPSA) is 88.1 Å². The molecule has 1 heterocycles. The van der Waals surface area contributed by atoms with Gasteiger partial charge in [-0.05, 0) is 49.4 Å². The Hall–Kier alpha value is -3.16. The first-order valence-electron chi connectivity index (χ1n) is 12.1. The van der Waals surface area contributed by atoms with Gasteiger partial charge in [-0.2, -0.15) is 0 Å². The van der Waals surface area contributed by atoms with Crippen molar-refractivity contribution in [3.63, 3.8) is 0 Å². The highest BCUT2D eigenvalue weighted by Gasteiger charge is 2.63. The monoisotopic (exact) mass is 480 g/mol. The van der Waals surface area contributed by atoms with Crippen molar-refractivity contribution in [3.05, 3.63) is 77.9 Å². The molecule has 0 saturated carbocycles. The van der Waals surface area contributed by atoms with E-state index < -0.39 is 23.8 Å².